The van der Waals surface area contributed by atoms with E-state index in [4.69, 9.17) is 9.47 Å². The zero-order valence-electron chi connectivity index (χ0n) is 31.6. The molecule has 1 heterocycles. The molecule has 8 heteroatoms. The van der Waals surface area contributed by atoms with E-state index in [2.05, 4.69) is 39.9 Å². The average molecular weight is 661 g/mol. The molecule has 3 aliphatic carbocycles. The summed E-state index contributed by atoms with van der Waals surface area (Å²) in [5, 5.41) is 14.8. The van der Waals surface area contributed by atoms with Crippen molar-refractivity contribution in [2.24, 2.45) is 52.3 Å². The van der Waals surface area contributed by atoms with Gasteiger partial charge < -0.3 is 24.8 Å². The maximum absolute atomic E-state index is 13.9. The Morgan fingerprint density at radius 1 is 0.915 bits per heavy atom. The van der Waals surface area contributed by atoms with E-state index in [1.807, 2.05) is 46.4 Å². The van der Waals surface area contributed by atoms with E-state index < -0.39 is 23.3 Å². The van der Waals surface area contributed by atoms with Gasteiger partial charge in [-0.15, -0.1) is 0 Å². The van der Waals surface area contributed by atoms with Crippen LogP contribution in [0.5, 0.6) is 0 Å². The van der Waals surface area contributed by atoms with Gasteiger partial charge in [-0.2, -0.15) is 0 Å². The summed E-state index contributed by atoms with van der Waals surface area (Å²) >= 11 is 0. The van der Waals surface area contributed by atoms with Crippen LogP contribution < -0.4 is 5.32 Å². The van der Waals surface area contributed by atoms with Gasteiger partial charge in [-0.1, -0.05) is 34.6 Å². The Morgan fingerprint density at radius 2 is 1.55 bits per heavy atom. The molecule has 4 aliphatic rings. The van der Waals surface area contributed by atoms with Crippen molar-refractivity contribution in [1.82, 2.24) is 10.2 Å². The van der Waals surface area contributed by atoms with E-state index in [-0.39, 0.29) is 40.6 Å². The van der Waals surface area contributed by atoms with Crippen molar-refractivity contribution >= 4 is 18.0 Å². The first-order valence-electron chi connectivity index (χ1n) is 18.8. The van der Waals surface area contributed by atoms with Crippen LogP contribution in [0.2, 0.25) is 0 Å². The quantitative estimate of drug-likeness (QED) is 0.245. The molecule has 0 spiro atoms. The van der Waals surface area contributed by atoms with Crippen LogP contribution in [0.25, 0.3) is 0 Å². The number of ether oxygens (including phenoxy) is 2. The number of rotatable bonds is 9. The third kappa shape index (κ3) is 8.67. The largest absolute Gasteiger partial charge is 0.460 e. The zero-order chi connectivity index (χ0) is 35.1. The Labute approximate surface area is 285 Å². The van der Waals surface area contributed by atoms with Gasteiger partial charge in [0.15, 0.2) is 0 Å². The summed E-state index contributed by atoms with van der Waals surface area (Å²) in [7, 11) is 0. The number of aliphatic hydroxyl groups excluding tert-OH is 1. The first-order valence-corrected chi connectivity index (χ1v) is 18.8. The van der Waals surface area contributed by atoms with E-state index in [1.54, 1.807) is 0 Å². The second-order valence-electron chi connectivity index (χ2n) is 18.8. The van der Waals surface area contributed by atoms with Crippen molar-refractivity contribution in [2.45, 2.75) is 164 Å². The molecule has 0 bridgehead atoms. The van der Waals surface area contributed by atoms with E-state index >= 15 is 0 Å². The molecule has 0 radical (unpaired) electrons. The summed E-state index contributed by atoms with van der Waals surface area (Å²) in [6.45, 7) is 24.0. The van der Waals surface area contributed by atoms with Crippen molar-refractivity contribution < 1.29 is 29.0 Å². The van der Waals surface area contributed by atoms with Gasteiger partial charge in [-0.25, -0.2) is 4.79 Å². The Morgan fingerprint density at radius 3 is 2.17 bits per heavy atom. The van der Waals surface area contributed by atoms with Crippen LogP contribution in [-0.2, 0) is 19.1 Å². The summed E-state index contributed by atoms with van der Waals surface area (Å²) in [5.41, 5.74) is -0.770. The lowest BCUT2D eigenvalue weighted by molar-refractivity contribution is -0.176. The Bertz CT molecular complexity index is 1130. The number of fused-ring (bicyclic) bond motifs is 5. The van der Waals surface area contributed by atoms with Gasteiger partial charge in [0.1, 0.15) is 17.2 Å². The highest BCUT2D eigenvalue weighted by molar-refractivity contribution is 5.86. The van der Waals surface area contributed by atoms with Gasteiger partial charge in [0.25, 0.3) is 0 Å². The van der Waals surface area contributed by atoms with E-state index in [9.17, 15) is 19.5 Å². The molecule has 4 rings (SSSR count). The number of carbonyl (C=O) groups excluding carboxylic acids is 3. The van der Waals surface area contributed by atoms with Crippen LogP contribution >= 0.6 is 0 Å². The van der Waals surface area contributed by atoms with Crippen molar-refractivity contribution in [3.63, 3.8) is 0 Å². The monoisotopic (exact) mass is 661 g/mol. The van der Waals surface area contributed by atoms with Crippen LogP contribution in [0.3, 0.4) is 0 Å². The molecule has 3 saturated carbocycles. The van der Waals surface area contributed by atoms with E-state index in [0.717, 1.165) is 32.1 Å². The number of likely N-dealkylation sites (tertiary alicyclic amines) is 1. The first kappa shape index (κ1) is 38.0. The summed E-state index contributed by atoms with van der Waals surface area (Å²) < 4.78 is 11.0. The molecule has 2 N–H and O–H groups in total. The molecule has 2 amide bonds. The highest BCUT2D eigenvalue weighted by atomic mass is 16.6. The lowest BCUT2D eigenvalue weighted by atomic mass is 9.44. The van der Waals surface area contributed by atoms with Crippen LogP contribution in [0.15, 0.2) is 0 Å². The fourth-order valence-corrected chi connectivity index (χ4v) is 10.6. The Kier molecular flexibility index (Phi) is 11.5. The molecule has 1 saturated heterocycles. The lowest BCUT2D eigenvalue weighted by Crippen LogP contribution is -2.63. The van der Waals surface area contributed by atoms with Gasteiger partial charge in [-0.3, -0.25) is 9.59 Å². The summed E-state index contributed by atoms with van der Waals surface area (Å²) in [5.74, 6) is 2.78. The predicted octanol–water partition coefficient (Wildman–Crippen LogP) is 7.75. The topological polar surface area (TPSA) is 105 Å². The van der Waals surface area contributed by atoms with Gasteiger partial charge in [0.2, 0.25) is 5.91 Å². The molecule has 0 aromatic rings. The van der Waals surface area contributed by atoms with Gasteiger partial charge >= 0.3 is 12.1 Å². The number of alkyl carbamates (subject to hydrolysis) is 1. The van der Waals surface area contributed by atoms with E-state index in [1.165, 1.54) is 19.3 Å². The number of aliphatic hydroxyl groups is 1. The van der Waals surface area contributed by atoms with Gasteiger partial charge in [0, 0.05) is 19.5 Å². The molecular formula is C39H68N2O6. The molecule has 0 aromatic heterocycles. The number of hydrogen-bond acceptors (Lipinski definition) is 6. The third-order valence-electron chi connectivity index (χ3n) is 12.7. The maximum Gasteiger partial charge on any atom is 0.408 e. The Hall–Kier alpha value is -1.83. The first-order chi connectivity index (χ1) is 21.6. The van der Waals surface area contributed by atoms with Crippen molar-refractivity contribution in [2.75, 3.05) is 13.1 Å². The lowest BCUT2D eigenvalue weighted by Gasteiger charge is -2.63. The predicted molar refractivity (Wildman–Crippen MR) is 185 cm³/mol. The fraction of sp³-hybridized carbons (Fsp3) is 0.923. The molecule has 0 aromatic carbocycles. The highest BCUT2D eigenvalue weighted by Crippen LogP contribution is 2.67. The number of nitrogens with zero attached hydrogens (tertiary/aromatic N) is 1. The van der Waals surface area contributed by atoms with Crippen molar-refractivity contribution in [3.05, 3.63) is 0 Å². The molecular weight excluding hydrogens is 592 g/mol. The molecule has 270 valence electrons. The van der Waals surface area contributed by atoms with Crippen LogP contribution in [-0.4, -0.2) is 64.4 Å². The number of hydrogen-bond donors (Lipinski definition) is 2. The average Bonchev–Trinajstić information content (AvgIpc) is 3.27. The zero-order valence-corrected chi connectivity index (χ0v) is 31.6. The van der Waals surface area contributed by atoms with Gasteiger partial charge in [0.05, 0.1) is 6.10 Å². The van der Waals surface area contributed by atoms with Crippen molar-refractivity contribution in [1.29, 1.82) is 0 Å². The summed E-state index contributed by atoms with van der Waals surface area (Å²) in [4.78, 5) is 40.9. The van der Waals surface area contributed by atoms with Crippen LogP contribution in [0, 0.1) is 52.3 Å². The summed E-state index contributed by atoms with van der Waals surface area (Å²) in [6.07, 6.45) is 8.40. The number of piperidine rings is 1. The van der Waals surface area contributed by atoms with Crippen molar-refractivity contribution in [3.8, 4) is 0 Å². The molecule has 10 atom stereocenters. The molecule has 4 fully saturated rings. The van der Waals surface area contributed by atoms with E-state index in [0.29, 0.717) is 55.5 Å². The number of amides is 2. The molecule has 47 heavy (non-hydrogen) atoms. The third-order valence-corrected chi connectivity index (χ3v) is 12.7. The van der Waals surface area contributed by atoms with Crippen LogP contribution in [0.1, 0.15) is 140 Å². The SMILES string of the molecule is CC(C)C[C@H](NC(=O)OC(C)(C)C)C(=O)N1CC[C@@]2(C)[C@H](C[C@H](O)[C@@H]3[C@@H]2CC[C@]2(C)[C@@H]([C@H](C)CCCC(=O)OC(C)(C)C)CC[C@@H]32)C1. The second-order valence-corrected chi connectivity index (χ2v) is 18.8. The smallest absolute Gasteiger partial charge is 0.408 e. The number of nitrogens with one attached hydrogen (secondary N) is 1. The minimum Gasteiger partial charge on any atom is -0.460 e. The standard InChI is InChI=1S/C39H68N2O6/c1-24(2)21-30(40-35(45)47-37(7,8)9)34(44)41-20-19-38(10)26(23-41)22-31(42)33-28-16-15-27(39(28,11)18-17-29(33)38)25(3)13-12-14-32(43)46-36(4,5)6/h24-31,33,42H,12-23H2,1-11H3,(H,40,45)/t25-,26-,27-,28+,29+,30+,31+,33+,38+,39-/m1/s1. The molecule has 1 aliphatic heterocycles. The molecule has 0 unspecified atom stereocenters. The maximum atomic E-state index is 13.9. The van der Waals surface area contributed by atoms with Gasteiger partial charge in [-0.05, 0) is 152 Å². The highest BCUT2D eigenvalue weighted by Gasteiger charge is 2.63. The Balaban J connectivity index is 1.41. The number of carbonyl (C=O) groups is 3. The number of esters is 1. The fourth-order valence-electron chi connectivity index (χ4n) is 10.6. The second kappa shape index (κ2) is 14.2. The minimum absolute atomic E-state index is 0.0290. The molecule has 8 nitrogen and oxygen atoms in total. The summed E-state index contributed by atoms with van der Waals surface area (Å²) in [6, 6.07) is -0.618. The normalized spacial score (nSPS) is 35.3. The van der Waals surface area contributed by atoms with Crippen LogP contribution in [0.4, 0.5) is 4.79 Å². The minimum atomic E-state index is -0.632.